The number of carbonyl (C=O) groups is 2. The minimum Gasteiger partial charge on any atom is -0.494 e. The predicted molar refractivity (Wildman–Crippen MR) is 94.8 cm³/mol. The molecule has 0 atom stereocenters. The van der Waals surface area contributed by atoms with Gasteiger partial charge in [0.15, 0.2) is 5.13 Å². The Morgan fingerprint density at radius 3 is 2.52 bits per heavy atom. The van der Waals surface area contributed by atoms with Crippen LogP contribution in [-0.4, -0.2) is 23.9 Å². The number of rotatable bonds is 4. The Hall–Kier alpha value is -3.00. The van der Waals surface area contributed by atoms with E-state index in [1.54, 1.807) is 12.1 Å². The Balaban J connectivity index is 1.92. The number of amides is 2. The number of nitrogens with zero attached hydrogens (tertiary/aromatic N) is 1. The Labute approximate surface area is 146 Å². The molecule has 0 bridgehead atoms. The molecule has 25 heavy (non-hydrogen) atoms. The first-order valence-electron chi connectivity index (χ1n) is 7.29. The highest BCUT2D eigenvalue weighted by atomic mass is 32.1. The summed E-state index contributed by atoms with van der Waals surface area (Å²) in [5, 5.41) is 5.82. The molecule has 8 heteroatoms. The highest BCUT2D eigenvalue weighted by Crippen LogP contribution is 2.35. The van der Waals surface area contributed by atoms with Gasteiger partial charge >= 0.3 is 0 Å². The number of methoxy groups -OCH3 is 1. The quantitative estimate of drug-likeness (QED) is 0.745. The van der Waals surface area contributed by atoms with E-state index in [1.807, 2.05) is 0 Å². The molecule has 2 aromatic carbocycles. The summed E-state index contributed by atoms with van der Waals surface area (Å²) >= 11 is 1.27. The molecule has 2 N–H and O–H groups in total. The molecule has 0 aliphatic carbocycles. The number of halogens is 1. The summed E-state index contributed by atoms with van der Waals surface area (Å²) in [7, 11) is 1.50. The third kappa shape index (κ3) is 3.74. The first kappa shape index (κ1) is 16.8. The van der Waals surface area contributed by atoms with Crippen LogP contribution in [0.2, 0.25) is 0 Å². The third-order valence-corrected chi connectivity index (χ3v) is 4.24. The van der Waals surface area contributed by atoms with Crippen molar-refractivity contribution in [1.82, 2.24) is 4.98 Å². The molecule has 128 valence electrons. The van der Waals surface area contributed by atoms with Gasteiger partial charge in [-0.2, -0.15) is 0 Å². The van der Waals surface area contributed by atoms with Crippen molar-refractivity contribution in [2.75, 3.05) is 17.7 Å². The number of carbonyl (C=O) groups excluding carboxylic acids is 2. The minimum atomic E-state index is -0.408. The minimum absolute atomic E-state index is 0.220. The Bertz CT molecular complexity index is 954. The van der Waals surface area contributed by atoms with Crippen LogP contribution in [0, 0.1) is 5.82 Å². The van der Waals surface area contributed by atoms with E-state index in [0.717, 1.165) is 4.70 Å². The molecule has 0 saturated carbocycles. The van der Waals surface area contributed by atoms with Crippen LogP contribution >= 0.6 is 11.3 Å². The molecule has 3 aromatic rings. The molecule has 1 heterocycles. The first-order valence-corrected chi connectivity index (χ1v) is 8.11. The smallest absolute Gasteiger partial charge is 0.255 e. The van der Waals surface area contributed by atoms with E-state index in [2.05, 4.69) is 15.6 Å². The normalized spacial score (nSPS) is 10.5. The zero-order valence-electron chi connectivity index (χ0n) is 13.4. The lowest BCUT2D eigenvalue weighted by atomic mass is 10.2. The van der Waals surface area contributed by atoms with Crippen LogP contribution in [0.3, 0.4) is 0 Å². The van der Waals surface area contributed by atoms with Crippen molar-refractivity contribution in [3.8, 4) is 5.75 Å². The highest BCUT2D eigenvalue weighted by molar-refractivity contribution is 7.22. The van der Waals surface area contributed by atoms with E-state index in [1.165, 1.54) is 49.6 Å². The first-order chi connectivity index (χ1) is 12.0. The van der Waals surface area contributed by atoms with Crippen molar-refractivity contribution in [2.45, 2.75) is 6.92 Å². The van der Waals surface area contributed by atoms with Crippen LogP contribution in [0.1, 0.15) is 17.3 Å². The van der Waals surface area contributed by atoms with Crippen LogP contribution in [-0.2, 0) is 4.79 Å². The molecule has 2 amide bonds. The summed E-state index contributed by atoms with van der Waals surface area (Å²) in [6, 6.07) is 8.64. The van der Waals surface area contributed by atoms with Crippen molar-refractivity contribution in [1.29, 1.82) is 0 Å². The number of aromatic nitrogens is 1. The van der Waals surface area contributed by atoms with Crippen molar-refractivity contribution < 1.29 is 18.7 Å². The average molecular weight is 359 g/mol. The standard InChI is InChI=1S/C17H14FN3O3S/c1-9(22)19-17-21-15-13(24-2)7-12(8-14(15)25-17)20-16(23)10-3-5-11(18)6-4-10/h3-8H,1-2H3,(H,20,23)(H,19,21,22). The van der Waals surface area contributed by atoms with Crippen molar-refractivity contribution >= 4 is 44.2 Å². The maximum atomic E-state index is 13.0. The number of anilines is 2. The molecule has 0 radical (unpaired) electrons. The fourth-order valence-corrected chi connectivity index (χ4v) is 3.20. The van der Waals surface area contributed by atoms with Gasteiger partial charge in [0.2, 0.25) is 5.91 Å². The van der Waals surface area contributed by atoms with Crippen molar-refractivity contribution in [2.24, 2.45) is 0 Å². The molecule has 1 aromatic heterocycles. The number of benzene rings is 2. The van der Waals surface area contributed by atoms with Crippen LogP contribution in [0.15, 0.2) is 36.4 Å². The van der Waals surface area contributed by atoms with Gasteiger partial charge in [0.1, 0.15) is 17.1 Å². The van der Waals surface area contributed by atoms with Gasteiger partial charge in [0.05, 0.1) is 11.8 Å². The summed E-state index contributed by atoms with van der Waals surface area (Å²) in [5.41, 5.74) is 1.44. The summed E-state index contributed by atoms with van der Waals surface area (Å²) in [4.78, 5) is 27.8. The molecule has 0 aliphatic rings. The topological polar surface area (TPSA) is 80.3 Å². The zero-order valence-corrected chi connectivity index (χ0v) is 14.2. The summed E-state index contributed by atoms with van der Waals surface area (Å²) < 4.78 is 19.0. The van der Waals surface area contributed by atoms with Crippen molar-refractivity contribution in [3.63, 3.8) is 0 Å². The van der Waals surface area contributed by atoms with Crippen molar-refractivity contribution in [3.05, 3.63) is 47.8 Å². The monoisotopic (exact) mass is 359 g/mol. The second-order valence-corrected chi connectivity index (χ2v) is 6.22. The average Bonchev–Trinajstić information content (AvgIpc) is 2.96. The number of hydrogen-bond acceptors (Lipinski definition) is 5. The molecular weight excluding hydrogens is 345 g/mol. The summed E-state index contributed by atoms with van der Waals surface area (Å²) in [6.07, 6.45) is 0. The summed E-state index contributed by atoms with van der Waals surface area (Å²) in [5.74, 6) is -0.523. The second kappa shape index (κ2) is 6.86. The van der Waals surface area contributed by atoms with Crippen LogP contribution in [0.4, 0.5) is 15.2 Å². The molecule has 0 aliphatic heterocycles. The van der Waals surface area contributed by atoms with E-state index in [4.69, 9.17) is 4.74 Å². The Morgan fingerprint density at radius 2 is 1.88 bits per heavy atom. The fourth-order valence-electron chi connectivity index (χ4n) is 2.24. The van der Waals surface area contributed by atoms with Gasteiger partial charge in [-0.25, -0.2) is 9.37 Å². The molecule has 0 unspecified atom stereocenters. The van der Waals surface area contributed by atoms with E-state index < -0.39 is 5.82 Å². The Morgan fingerprint density at radius 1 is 1.16 bits per heavy atom. The van der Waals surface area contributed by atoms with Crippen LogP contribution in [0.5, 0.6) is 5.75 Å². The van der Waals surface area contributed by atoms with Gasteiger partial charge in [0.25, 0.3) is 5.91 Å². The van der Waals surface area contributed by atoms with Gasteiger partial charge in [-0.1, -0.05) is 11.3 Å². The maximum Gasteiger partial charge on any atom is 0.255 e. The molecular formula is C17H14FN3O3S. The zero-order chi connectivity index (χ0) is 18.0. The maximum absolute atomic E-state index is 13.0. The van der Waals surface area contributed by atoms with Crippen LogP contribution in [0.25, 0.3) is 10.2 Å². The van der Waals surface area contributed by atoms with E-state index in [0.29, 0.717) is 27.6 Å². The lowest BCUT2D eigenvalue weighted by Crippen LogP contribution is -2.11. The molecule has 0 saturated heterocycles. The SMILES string of the molecule is COc1cc(NC(=O)c2ccc(F)cc2)cc2sc(NC(C)=O)nc12. The van der Waals surface area contributed by atoms with Gasteiger partial charge in [-0.3, -0.25) is 9.59 Å². The molecule has 6 nitrogen and oxygen atoms in total. The van der Waals surface area contributed by atoms with E-state index >= 15 is 0 Å². The number of nitrogens with one attached hydrogen (secondary N) is 2. The number of thiazole rings is 1. The van der Waals surface area contributed by atoms with Gasteiger partial charge in [-0.05, 0) is 30.3 Å². The lowest BCUT2D eigenvalue weighted by Gasteiger charge is -2.08. The molecule has 0 fully saturated rings. The van der Waals surface area contributed by atoms with E-state index in [9.17, 15) is 14.0 Å². The van der Waals surface area contributed by atoms with Gasteiger partial charge in [0, 0.05) is 24.2 Å². The highest BCUT2D eigenvalue weighted by Gasteiger charge is 2.14. The fraction of sp³-hybridized carbons (Fsp3) is 0.118. The predicted octanol–water partition coefficient (Wildman–Crippen LogP) is 3.65. The number of fused-ring (bicyclic) bond motifs is 1. The van der Waals surface area contributed by atoms with Gasteiger partial charge in [-0.15, -0.1) is 0 Å². The summed E-state index contributed by atoms with van der Waals surface area (Å²) in [6.45, 7) is 1.40. The van der Waals surface area contributed by atoms with Crippen LogP contribution < -0.4 is 15.4 Å². The molecule has 3 rings (SSSR count). The third-order valence-electron chi connectivity index (χ3n) is 3.33. The second-order valence-electron chi connectivity index (χ2n) is 5.19. The van der Waals surface area contributed by atoms with E-state index in [-0.39, 0.29) is 11.8 Å². The molecule has 0 spiro atoms. The Kier molecular flexibility index (Phi) is 4.62. The number of ether oxygens (including phenoxy) is 1. The van der Waals surface area contributed by atoms with Gasteiger partial charge < -0.3 is 15.4 Å². The lowest BCUT2D eigenvalue weighted by molar-refractivity contribution is -0.114. The largest absolute Gasteiger partial charge is 0.494 e. The number of hydrogen-bond donors (Lipinski definition) is 2.